The predicted octanol–water partition coefficient (Wildman–Crippen LogP) is 6.22. The minimum Gasteiger partial charge on any atom is -0.358 e. The van der Waals surface area contributed by atoms with Crippen molar-refractivity contribution in [1.82, 2.24) is 29.3 Å². The third-order valence-electron chi connectivity index (χ3n) is 7.74. The highest BCUT2D eigenvalue weighted by Gasteiger charge is 2.29. The van der Waals surface area contributed by atoms with Gasteiger partial charge in [-0.05, 0) is 69.5 Å². The number of nitrogens with one attached hydrogen (secondary N) is 1. The van der Waals surface area contributed by atoms with Crippen LogP contribution in [-0.2, 0) is 28.0 Å². The van der Waals surface area contributed by atoms with Gasteiger partial charge < -0.3 is 10.1 Å². The zero-order valence-corrected chi connectivity index (χ0v) is 25.7. The maximum absolute atomic E-state index is 14.4. The van der Waals surface area contributed by atoms with E-state index in [0.717, 1.165) is 36.2 Å². The van der Waals surface area contributed by atoms with Crippen LogP contribution in [0.2, 0.25) is 0 Å². The minimum absolute atomic E-state index is 0.0364. The molecular formula is C31H33F2N7O3S. The second-order valence-electron chi connectivity index (χ2n) is 11.1. The number of ether oxygens (including phenoxy) is 1. The van der Waals surface area contributed by atoms with E-state index in [4.69, 9.17) is 9.72 Å². The lowest BCUT2D eigenvalue weighted by atomic mass is 10.1. The molecule has 1 aliphatic heterocycles. The molecule has 1 atom stereocenters. The number of imidazole rings is 1. The first kappa shape index (κ1) is 29.8. The Bertz CT molecular complexity index is 1950. The molecule has 0 aliphatic carbocycles. The molecule has 13 heteroatoms. The first-order chi connectivity index (χ1) is 21.0. The number of benzene rings is 1. The molecule has 230 valence electrons. The Kier molecular flexibility index (Phi) is 7.93. The number of aromatic nitrogens is 6. The summed E-state index contributed by atoms with van der Waals surface area (Å²) in [4.78, 5) is 13.8. The molecule has 0 bridgehead atoms. The number of halogens is 2. The first-order valence-electron chi connectivity index (χ1n) is 14.3. The second kappa shape index (κ2) is 11.7. The molecule has 6 rings (SSSR count). The van der Waals surface area contributed by atoms with E-state index in [1.807, 2.05) is 45.2 Å². The van der Waals surface area contributed by atoms with Crippen molar-refractivity contribution in [2.24, 2.45) is 7.05 Å². The van der Waals surface area contributed by atoms with Gasteiger partial charge in [0.1, 0.15) is 11.7 Å². The molecule has 1 aliphatic rings. The first-order valence-corrected chi connectivity index (χ1v) is 16.2. The Morgan fingerprint density at radius 2 is 1.84 bits per heavy atom. The van der Waals surface area contributed by atoms with Gasteiger partial charge in [-0.1, -0.05) is 12.1 Å². The van der Waals surface area contributed by atoms with Crippen LogP contribution in [0, 0.1) is 13.8 Å². The number of hydrogen-bond donors (Lipinski definition) is 1. The Morgan fingerprint density at radius 1 is 1.02 bits per heavy atom. The van der Waals surface area contributed by atoms with Gasteiger partial charge >= 0.3 is 0 Å². The number of nitrogens with zero attached hydrogens (tertiary/aromatic N) is 6. The van der Waals surface area contributed by atoms with Crippen LogP contribution in [0.1, 0.15) is 60.5 Å². The summed E-state index contributed by atoms with van der Waals surface area (Å²) in [5.74, 6) is -0.447. The van der Waals surface area contributed by atoms with Gasteiger partial charge in [0.2, 0.25) is 0 Å². The number of sulfone groups is 1. The lowest BCUT2D eigenvalue weighted by Gasteiger charge is -2.25. The number of alkyl halides is 2. The molecule has 1 aromatic carbocycles. The van der Waals surface area contributed by atoms with E-state index < -0.39 is 28.3 Å². The topological polar surface area (TPSA) is 117 Å². The van der Waals surface area contributed by atoms with Crippen molar-refractivity contribution in [3.05, 3.63) is 77.1 Å². The fraction of sp³-hybridized carbons (Fsp3) is 0.355. The van der Waals surface area contributed by atoms with Crippen LogP contribution in [-0.4, -0.2) is 50.6 Å². The van der Waals surface area contributed by atoms with Crippen molar-refractivity contribution >= 4 is 32.4 Å². The summed E-state index contributed by atoms with van der Waals surface area (Å²) >= 11 is 0. The third kappa shape index (κ3) is 5.93. The van der Waals surface area contributed by atoms with Gasteiger partial charge in [0.05, 0.1) is 27.7 Å². The molecule has 0 spiro atoms. The minimum atomic E-state index is -3.73. The molecule has 1 saturated heterocycles. The number of anilines is 2. The van der Waals surface area contributed by atoms with Crippen molar-refractivity contribution in [3.8, 4) is 11.3 Å². The summed E-state index contributed by atoms with van der Waals surface area (Å²) < 4.78 is 64.0. The van der Waals surface area contributed by atoms with Crippen LogP contribution in [0.4, 0.5) is 20.2 Å². The fourth-order valence-electron chi connectivity index (χ4n) is 5.50. The largest absolute Gasteiger partial charge is 0.358 e. The Labute approximate surface area is 254 Å². The lowest BCUT2D eigenvalue weighted by molar-refractivity contribution is -0.0363. The van der Waals surface area contributed by atoms with Gasteiger partial charge in [0.25, 0.3) is 6.43 Å². The molecule has 44 heavy (non-hydrogen) atoms. The molecule has 0 amide bonds. The molecule has 4 aromatic heterocycles. The average molecular weight is 622 g/mol. The van der Waals surface area contributed by atoms with Gasteiger partial charge in [-0.25, -0.2) is 27.2 Å². The van der Waals surface area contributed by atoms with Crippen molar-refractivity contribution in [1.29, 1.82) is 0 Å². The Morgan fingerprint density at radius 3 is 2.50 bits per heavy atom. The smallest absolute Gasteiger partial charge is 0.295 e. The molecular weight excluding hydrogens is 588 g/mol. The van der Waals surface area contributed by atoms with E-state index in [2.05, 4.69) is 20.4 Å². The van der Waals surface area contributed by atoms with E-state index in [1.165, 1.54) is 4.57 Å². The standard InChI is InChI=1S/C31H33F2N7O3S/c1-18-8-7-9-21(34-18)16-22-17-25(28-30(35-22)40(31(37-28)29(32)33)27-10-5-6-13-43-27)36-23-12-11-20(15-26(23)44(4,41)42)24-14-19(2)39(3)38-24/h7-9,11-12,14-15,17,27,29H,5-6,10,13,16H2,1-4H3,(H,35,36). The van der Waals surface area contributed by atoms with E-state index in [9.17, 15) is 17.2 Å². The quantitative estimate of drug-likeness (QED) is 0.217. The normalized spacial score (nSPS) is 15.8. The number of aryl methyl sites for hydroxylation is 3. The molecule has 0 radical (unpaired) electrons. The highest BCUT2D eigenvalue weighted by molar-refractivity contribution is 7.90. The number of pyridine rings is 2. The summed E-state index contributed by atoms with van der Waals surface area (Å²) in [5, 5.41) is 7.69. The van der Waals surface area contributed by atoms with E-state index in [0.29, 0.717) is 42.1 Å². The summed E-state index contributed by atoms with van der Waals surface area (Å²) in [6.07, 6.45) is 0.151. The fourth-order valence-corrected chi connectivity index (χ4v) is 6.36. The van der Waals surface area contributed by atoms with Gasteiger partial charge in [-0.3, -0.25) is 14.2 Å². The molecule has 5 heterocycles. The van der Waals surface area contributed by atoms with E-state index in [-0.39, 0.29) is 21.7 Å². The average Bonchev–Trinajstić information content (AvgIpc) is 3.53. The lowest BCUT2D eigenvalue weighted by Crippen LogP contribution is -2.20. The van der Waals surface area contributed by atoms with E-state index in [1.54, 1.807) is 28.9 Å². The highest BCUT2D eigenvalue weighted by Crippen LogP contribution is 2.37. The summed E-state index contributed by atoms with van der Waals surface area (Å²) in [6.45, 7) is 4.25. The summed E-state index contributed by atoms with van der Waals surface area (Å²) in [6, 6.07) is 14.2. The molecule has 1 N–H and O–H groups in total. The van der Waals surface area contributed by atoms with Gasteiger partial charge in [0.15, 0.2) is 21.3 Å². The zero-order valence-electron chi connectivity index (χ0n) is 24.9. The van der Waals surface area contributed by atoms with Crippen LogP contribution in [0.25, 0.3) is 22.4 Å². The van der Waals surface area contributed by atoms with Crippen molar-refractivity contribution in [3.63, 3.8) is 0 Å². The molecule has 10 nitrogen and oxygen atoms in total. The monoisotopic (exact) mass is 621 g/mol. The maximum atomic E-state index is 14.4. The Hall–Kier alpha value is -4.23. The third-order valence-corrected chi connectivity index (χ3v) is 8.87. The SMILES string of the molecule is Cc1cccc(Cc2cc(Nc3ccc(-c4cc(C)n(C)n4)cc3S(C)(=O)=O)c3nc(C(F)F)n(C4CCCCO4)c3n2)n1. The molecule has 1 unspecified atom stereocenters. The summed E-state index contributed by atoms with van der Waals surface area (Å²) in [7, 11) is -1.91. The predicted molar refractivity (Wildman–Crippen MR) is 163 cm³/mol. The summed E-state index contributed by atoms with van der Waals surface area (Å²) in [5.41, 5.74) is 5.38. The Balaban J connectivity index is 1.52. The van der Waals surface area contributed by atoms with Gasteiger partial charge in [-0.2, -0.15) is 5.10 Å². The molecule has 0 saturated carbocycles. The number of rotatable bonds is 8. The van der Waals surface area contributed by atoms with Crippen LogP contribution < -0.4 is 5.32 Å². The van der Waals surface area contributed by atoms with Crippen LogP contribution in [0.5, 0.6) is 0 Å². The zero-order chi connectivity index (χ0) is 31.2. The molecule has 5 aromatic rings. The van der Waals surface area contributed by atoms with E-state index >= 15 is 0 Å². The number of fused-ring (bicyclic) bond motifs is 1. The van der Waals surface area contributed by atoms with Crippen molar-refractivity contribution in [2.75, 3.05) is 18.2 Å². The van der Waals surface area contributed by atoms with Gasteiger partial charge in [0, 0.05) is 49.0 Å². The maximum Gasteiger partial charge on any atom is 0.295 e. The number of hydrogen-bond acceptors (Lipinski definition) is 8. The molecule has 1 fully saturated rings. The van der Waals surface area contributed by atoms with Crippen molar-refractivity contribution in [2.45, 2.75) is 57.1 Å². The van der Waals surface area contributed by atoms with Crippen molar-refractivity contribution < 1.29 is 21.9 Å². The van der Waals surface area contributed by atoms with Gasteiger partial charge in [-0.15, -0.1) is 0 Å². The second-order valence-corrected chi connectivity index (χ2v) is 13.1. The highest BCUT2D eigenvalue weighted by atomic mass is 32.2. The van der Waals surface area contributed by atoms with Crippen LogP contribution >= 0.6 is 0 Å². The van der Waals surface area contributed by atoms with Crippen LogP contribution in [0.15, 0.2) is 53.4 Å². The van der Waals surface area contributed by atoms with Crippen LogP contribution in [0.3, 0.4) is 0 Å².